The van der Waals surface area contributed by atoms with E-state index in [1.807, 2.05) is 0 Å². The van der Waals surface area contributed by atoms with Crippen LogP contribution in [0.1, 0.15) is 27.7 Å². The molecule has 8 heavy (non-hydrogen) atoms. The highest BCUT2D eigenvalue weighted by atomic mass is 14.1. The minimum atomic E-state index is 0.0532. The zero-order valence-corrected chi connectivity index (χ0v) is 6.78. The van der Waals surface area contributed by atoms with Crippen LogP contribution in [-0.2, 0) is 0 Å². The van der Waals surface area contributed by atoms with Crippen molar-refractivity contribution in [3.8, 4) is 0 Å². The van der Waals surface area contributed by atoms with Crippen LogP contribution in [0.25, 0.3) is 0 Å². The molecule has 0 aliphatic carbocycles. The van der Waals surface area contributed by atoms with Crippen LogP contribution >= 0.6 is 0 Å². The van der Waals surface area contributed by atoms with Crippen molar-refractivity contribution in [1.82, 2.24) is 0 Å². The SMILES string of the molecule is [CH2+][BH2-]C(C)(C)C(C)C. The van der Waals surface area contributed by atoms with Crippen molar-refractivity contribution in [3.63, 3.8) is 0 Å². The molecule has 0 fully saturated rings. The fourth-order valence-corrected chi connectivity index (χ4v) is 0.408. The summed E-state index contributed by atoms with van der Waals surface area (Å²) in [5.74, 6) is 0.806. The van der Waals surface area contributed by atoms with Crippen LogP contribution in [0.2, 0.25) is 5.31 Å². The number of hydrogen-bond donors (Lipinski definition) is 0. The zero-order valence-electron chi connectivity index (χ0n) is 6.78. The van der Waals surface area contributed by atoms with Gasteiger partial charge in [0.05, 0.1) is 0 Å². The molecule has 0 N–H and O–H groups in total. The van der Waals surface area contributed by atoms with E-state index in [1.54, 1.807) is 0 Å². The Labute approximate surface area is 53.9 Å². The highest BCUT2D eigenvalue weighted by Crippen LogP contribution is 2.31. The summed E-state index contributed by atoms with van der Waals surface area (Å²) in [6.45, 7) is 13.2. The average molecular weight is 112 g/mol. The molecule has 48 valence electrons. The summed E-state index contributed by atoms with van der Waals surface area (Å²) < 4.78 is 0. The van der Waals surface area contributed by atoms with Crippen LogP contribution in [0.4, 0.5) is 0 Å². The minimum Gasteiger partial charge on any atom is -0.139 e. The Morgan fingerprint density at radius 2 is 1.75 bits per heavy atom. The Morgan fingerprint density at radius 3 is 1.75 bits per heavy atom. The normalized spacial score (nSPS) is 12.6. The van der Waals surface area contributed by atoms with Crippen molar-refractivity contribution in [2.24, 2.45) is 5.92 Å². The Balaban J connectivity index is 3.71. The smallest absolute Gasteiger partial charge is 0.139 e. The van der Waals surface area contributed by atoms with Crippen molar-refractivity contribution in [3.05, 3.63) is 6.82 Å². The average Bonchev–Trinajstić information content (AvgIpc) is 1.67. The third kappa shape index (κ3) is 1.81. The van der Waals surface area contributed by atoms with Crippen molar-refractivity contribution >= 4 is 7.28 Å². The third-order valence-corrected chi connectivity index (χ3v) is 2.64. The molecule has 0 radical (unpaired) electrons. The molecule has 0 bridgehead atoms. The zero-order chi connectivity index (χ0) is 6.78. The van der Waals surface area contributed by atoms with E-state index in [2.05, 4.69) is 34.5 Å². The van der Waals surface area contributed by atoms with Crippen LogP contribution in [0, 0.1) is 12.7 Å². The first-order chi connectivity index (χ1) is 3.50. The van der Waals surface area contributed by atoms with E-state index < -0.39 is 0 Å². The van der Waals surface area contributed by atoms with Crippen molar-refractivity contribution in [1.29, 1.82) is 0 Å². The Kier molecular flexibility index (Phi) is 2.45. The summed E-state index contributed by atoms with van der Waals surface area (Å²) in [5.41, 5.74) is 0. The Bertz CT molecular complexity index is 64.8. The second kappa shape index (κ2) is 2.47. The molecule has 0 atom stereocenters. The van der Waals surface area contributed by atoms with Gasteiger partial charge in [0.1, 0.15) is 0 Å². The quantitative estimate of drug-likeness (QED) is 0.377. The van der Waals surface area contributed by atoms with Gasteiger partial charge in [-0.2, -0.15) is 0 Å². The molecule has 0 aromatic carbocycles. The molecule has 0 nitrogen and oxygen atoms in total. The lowest BCUT2D eigenvalue weighted by molar-refractivity contribution is 0.476. The van der Waals surface area contributed by atoms with Gasteiger partial charge in [0.15, 0.2) is 7.28 Å². The van der Waals surface area contributed by atoms with Gasteiger partial charge < -0.3 is 0 Å². The van der Waals surface area contributed by atoms with Crippen molar-refractivity contribution < 1.29 is 0 Å². The summed E-state index contributed by atoms with van der Waals surface area (Å²) in [6.07, 6.45) is 0. The van der Waals surface area contributed by atoms with Gasteiger partial charge >= 0.3 is 0 Å². The molecule has 0 aliphatic heterocycles. The molecule has 0 aliphatic rings. The first-order valence-electron chi connectivity index (χ1n) is 3.65. The molecule has 0 heterocycles. The third-order valence-electron chi connectivity index (χ3n) is 2.64. The van der Waals surface area contributed by atoms with Gasteiger partial charge in [-0.05, 0) is 0 Å². The Hall–Kier alpha value is -0.0651. The highest BCUT2D eigenvalue weighted by molar-refractivity contribution is 6.41. The molecule has 0 rings (SSSR count). The van der Waals surface area contributed by atoms with E-state index in [0.717, 1.165) is 5.92 Å². The molecular weight excluding hydrogens is 94.9 g/mol. The first-order valence-corrected chi connectivity index (χ1v) is 3.65. The number of rotatable bonds is 2. The van der Waals surface area contributed by atoms with Gasteiger partial charge in [-0.1, -0.05) is 33.6 Å². The van der Waals surface area contributed by atoms with Gasteiger partial charge in [-0.25, -0.2) is 0 Å². The highest BCUT2D eigenvalue weighted by Gasteiger charge is 2.17. The molecule has 0 unspecified atom stereocenters. The fourth-order valence-electron chi connectivity index (χ4n) is 0.408. The lowest BCUT2D eigenvalue weighted by Gasteiger charge is -2.29. The van der Waals surface area contributed by atoms with Gasteiger partial charge in [-0.3, -0.25) is 0 Å². The van der Waals surface area contributed by atoms with Gasteiger partial charge in [0.2, 0.25) is 0 Å². The summed E-state index contributed by atoms with van der Waals surface area (Å²) in [6, 6.07) is 0. The maximum Gasteiger partial charge on any atom is 0.171 e. The van der Waals surface area contributed by atoms with E-state index in [1.165, 1.54) is 0 Å². The summed E-state index contributed by atoms with van der Waals surface area (Å²) in [4.78, 5) is 0. The first kappa shape index (κ1) is 7.93. The second-order valence-electron chi connectivity index (χ2n) is 3.87. The van der Waals surface area contributed by atoms with E-state index in [4.69, 9.17) is 0 Å². The van der Waals surface area contributed by atoms with Crippen LogP contribution in [0.3, 0.4) is 0 Å². The van der Waals surface area contributed by atoms with E-state index in [9.17, 15) is 0 Å². The molecule has 0 saturated heterocycles. The molecular formula is C7H17B. The maximum atomic E-state index is 4.00. The van der Waals surface area contributed by atoms with E-state index in [-0.39, 0.29) is 7.28 Å². The molecule has 0 aromatic rings. The lowest BCUT2D eigenvalue weighted by Crippen LogP contribution is -2.16. The largest absolute Gasteiger partial charge is 0.171 e. The molecule has 0 spiro atoms. The van der Waals surface area contributed by atoms with E-state index in [0.29, 0.717) is 5.31 Å². The summed E-state index contributed by atoms with van der Waals surface area (Å²) >= 11 is 0. The minimum absolute atomic E-state index is 0.0532. The summed E-state index contributed by atoms with van der Waals surface area (Å²) in [7, 11) is 0.0532. The molecule has 0 aromatic heterocycles. The number of hydrogen-bond acceptors (Lipinski definition) is 0. The maximum absolute atomic E-state index is 4.00. The predicted molar refractivity (Wildman–Crippen MR) is 42.8 cm³/mol. The monoisotopic (exact) mass is 112 g/mol. The van der Waals surface area contributed by atoms with Crippen LogP contribution < -0.4 is 0 Å². The van der Waals surface area contributed by atoms with Gasteiger partial charge in [0.25, 0.3) is 0 Å². The van der Waals surface area contributed by atoms with Crippen molar-refractivity contribution in [2.75, 3.05) is 0 Å². The van der Waals surface area contributed by atoms with Crippen LogP contribution in [0.15, 0.2) is 0 Å². The molecule has 1 heteroatoms. The predicted octanol–water partition coefficient (Wildman–Crippen LogP) is 1.80. The topological polar surface area (TPSA) is 0 Å². The molecule has 0 saturated carbocycles. The van der Waals surface area contributed by atoms with Crippen LogP contribution in [-0.4, -0.2) is 7.28 Å². The lowest BCUT2D eigenvalue weighted by atomic mass is 9.51. The van der Waals surface area contributed by atoms with E-state index >= 15 is 0 Å². The van der Waals surface area contributed by atoms with Gasteiger partial charge in [-0.15, -0.1) is 12.1 Å². The molecule has 0 amide bonds. The Morgan fingerprint density at radius 1 is 1.38 bits per heavy atom. The second-order valence-corrected chi connectivity index (χ2v) is 3.87. The summed E-state index contributed by atoms with van der Waals surface area (Å²) in [5, 5.41) is 0.556. The fraction of sp³-hybridized carbons (Fsp3) is 0.857. The van der Waals surface area contributed by atoms with Crippen LogP contribution in [0.5, 0.6) is 0 Å². The standard InChI is InChI=1S/C7H17B/c1-6(2)7(3,4)8-5/h6H,5,8H2,1-4H3. The van der Waals surface area contributed by atoms with Gasteiger partial charge in [0, 0.05) is 0 Å². The van der Waals surface area contributed by atoms with Crippen molar-refractivity contribution in [2.45, 2.75) is 33.0 Å².